The maximum absolute atomic E-state index is 13.0. The minimum atomic E-state index is -2.94. The lowest BCUT2D eigenvalue weighted by molar-refractivity contribution is 0.199. The van der Waals surface area contributed by atoms with Crippen molar-refractivity contribution in [2.45, 2.75) is 120 Å². The summed E-state index contributed by atoms with van der Waals surface area (Å²) in [6.45, 7) is 6.34. The fraction of sp³-hybridized carbons (Fsp3) is 0.384. The van der Waals surface area contributed by atoms with Crippen LogP contribution in [0.4, 0.5) is 0 Å². The van der Waals surface area contributed by atoms with Crippen molar-refractivity contribution >= 4 is 151 Å². The van der Waals surface area contributed by atoms with Crippen molar-refractivity contribution in [3.8, 4) is 23.0 Å². The molecule has 12 heterocycles. The molecule has 3 unspecified atom stereocenters. The topological polar surface area (TPSA) is 363 Å². The first-order valence-corrected chi connectivity index (χ1v) is 43.4. The summed E-state index contributed by atoms with van der Waals surface area (Å²) in [5.41, 5.74) is 14.1. The van der Waals surface area contributed by atoms with E-state index < -0.39 is 67.4 Å². The highest BCUT2D eigenvalue weighted by atomic mass is 32.2. The first kappa shape index (κ1) is 73.6. The molecule has 11 N–H and O–H groups in total. The summed E-state index contributed by atoms with van der Waals surface area (Å²) in [5, 5.41) is 45.2. The Balaban J connectivity index is 0.000000114. The SMILES string of the molecule is C=S(=O)(CCCOC)NC1CC(C2=C(C)B(O)Oc3cnc4[nH]ccc4c32)C1.C=S(=O)(NC1CC(C2=C(C)B(O)Oc3cnc4[nH]ccc4c32)C1)C1CC1.C=S(=O)(NC1CC(C2=C(C)B(O)Oc3cnc4[nH]ccc4c32)C1)c1ccccc1.CS(=O)(=O)CC1CC(C2=CB(O)Oc3cnc4[nH]ccc4c32)C1. The van der Waals surface area contributed by atoms with Gasteiger partial charge in [0.15, 0.2) is 0 Å². The fourth-order valence-electron chi connectivity index (χ4n) is 16.4. The smallest absolute Gasteiger partial charge is 0.531 e. The highest BCUT2D eigenvalue weighted by Crippen LogP contribution is 2.53. The molecule has 3 atom stereocenters. The molecule has 9 aliphatic rings. The van der Waals surface area contributed by atoms with Crippen LogP contribution in [0.25, 0.3) is 66.4 Å². The Hall–Kier alpha value is -7.91. The maximum atomic E-state index is 13.0. The summed E-state index contributed by atoms with van der Waals surface area (Å²) in [7, 11) is -12.2. The number of aromatic nitrogens is 8. The molecule has 8 aromatic heterocycles. The van der Waals surface area contributed by atoms with E-state index in [2.05, 4.69) is 71.6 Å². The van der Waals surface area contributed by atoms with Crippen molar-refractivity contribution in [1.29, 1.82) is 0 Å². The van der Waals surface area contributed by atoms with Gasteiger partial charge in [0.25, 0.3) is 0 Å². The van der Waals surface area contributed by atoms with Gasteiger partial charge in [0.2, 0.25) is 0 Å². The predicted octanol–water partition coefficient (Wildman–Crippen LogP) is 7.93. The number of nitrogens with zero attached hydrogens (tertiary/aromatic N) is 4. The normalized spacial score (nSPS) is 24.7. The van der Waals surface area contributed by atoms with Gasteiger partial charge in [-0.1, -0.05) is 18.2 Å². The van der Waals surface area contributed by atoms with Crippen molar-refractivity contribution in [2.75, 3.05) is 31.5 Å². The van der Waals surface area contributed by atoms with Crippen molar-refractivity contribution in [3.05, 3.63) is 149 Å². The Labute approximate surface area is 618 Å². The standard InChI is InChI=1S/C21H22BN3O3S.C19H26BN3O4S.C18H22BN3O3S.C15H17BN2O4S/c1-13-19(20-17-8-9-23-21(17)24-12-18(20)28-22(13)26)14-10-15(11-14)25-29(2,27)16-6-4-3-5-7-16;1-12-17(13-9-14(10-13)23-28(3,25)8-4-7-26-2)18-15-5-6-21-19(15)22-11-16(18)27-20(12)24;1-10-16(11-7-12(8-11)22-26(2,24)13-3-4-13)17-14-5-6-20-18(14)21-9-15(17)25-19(10)23;1-23(20,21)8-9-4-10(5-9)12-6-16(19)22-13-7-18-15-11(14(12)13)2-3-17-15/h3-9,12,14-15,26H,2,10-11H2,1H3,(H,23,24)(H,25,27);5-6,11,13-14,24H,3-4,7-10H2,1-2H3,(H,21,22)(H,23,25);5-6,9,11-13,23H,2-4,7-8H2,1H3,(H,20,21)(H,22,24);2-3,6-7,9-10,19H,4-5,8H2,1H3,(H,17,18). The Morgan fingerprint density at radius 2 is 0.925 bits per heavy atom. The van der Waals surface area contributed by atoms with E-state index in [4.69, 9.17) is 23.4 Å². The summed E-state index contributed by atoms with van der Waals surface area (Å²) >= 11 is 0. The van der Waals surface area contributed by atoms with Crippen LogP contribution in [0.2, 0.25) is 0 Å². The van der Waals surface area contributed by atoms with E-state index in [1.807, 2.05) is 100 Å². The average Bonchev–Trinajstić information content (AvgIpc) is 1.20. The monoisotopic (exact) mass is 1510 g/mol. The fourth-order valence-corrected chi connectivity index (χ4v) is 22.3. The molecule has 33 heteroatoms. The number of rotatable bonds is 18. The van der Waals surface area contributed by atoms with E-state index in [0.717, 1.165) is 176 Å². The van der Waals surface area contributed by atoms with Crippen LogP contribution in [0.15, 0.2) is 131 Å². The zero-order valence-electron chi connectivity index (χ0n) is 59.7. The molecule has 9 aromatic rings. The Kier molecular flexibility index (Phi) is 20.3. The quantitative estimate of drug-likeness (QED) is 0.0220. The van der Waals surface area contributed by atoms with Crippen molar-refractivity contribution in [1.82, 2.24) is 54.0 Å². The second kappa shape index (κ2) is 29.2. The van der Waals surface area contributed by atoms with Gasteiger partial charge in [0.05, 0.1) is 40.2 Å². The van der Waals surface area contributed by atoms with Gasteiger partial charge in [-0.05, 0) is 220 Å². The highest BCUT2D eigenvalue weighted by molar-refractivity contribution is 7.99. The van der Waals surface area contributed by atoms with E-state index in [-0.39, 0.29) is 52.8 Å². The molecule has 0 saturated heterocycles. The van der Waals surface area contributed by atoms with Crippen LogP contribution in [0, 0.1) is 29.6 Å². The van der Waals surface area contributed by atoms with E-state index in [1.165, 1.54) is 6.26 Å². The number of fused-ring (bicyclic) bond motifs is 12. The minimum Gasteiger partial charge on any atom is -0.531 e. The molecular formula is C73H87B4N11O14S4. The number of nitrogens with one attached hydrogen (secondary N) is 7. The van der Waals surface area contributed by atoms with Gasteiger partial charge in [0, 0.05) is 142 Å². The lowest BCUT2D eigenvalue weighted by Gasteiger charge is -2.41. The number of pyridine rings is 4. The molecule has 5 fully saturated rings. The Morgan fingerprint density at radius 3 is 1.33 bits per heavy atom. The van der Waals surface area contributed by atoms with Gasteiger partial charge >= 0.3 is 28.5 Å². The van der Waals surface area contributed by atoms with E-state index in [0.29, 0.717) is 46.2 Å². The molecule has 0 amide bonds. The van der Waals surface area contributed by atoms with Gasteiger partial charge in [-0.3, -0.25) is 8.42 Å². The molecule has 0 spiro atoms. The zero-order valence-corrected chi connectivity index (χ0v) is 63.0. The molecule has 4 aliphatic heterocycles. The number of hydrogen-bond donors (Lipinski definition) is 11. The largest absolute Gasteiger partial charge is 0.555 e. The van der Waals surface area contributed by atoms with Gasteiger partial charge in [-0.25, -0.2) is 46.7 Å². The molecule has 5 aliphatic carbocycles. The third-order valence-corrected chi connectivity index (χ3v) is 28.8. The Morgan fingerprint density at radius 1 is 0.528 bits per heavy atom. The Bertz CT molecular complexity index is 5490. The van der Waals surface area contributed by atoms with Gasteiger partial charge in [-0.2, -0.15) is 0 Å². The molecule has 0 bridgehead atoms. The van der Waals surface area contributed by atoms with Crippen LogP contribution in [-0.2, 0) is 43.7 Å². The number of aromatic amines is 4. The average molecular weight is 1510 g/mol. The summed E-state index contributed by atoms with van der Waals surface area (Å²) in [4.78, 5) is 30.6. The van der Waals surface area contributed by atoms with Gasteiger partial charge in [0.1, 0.15) is 55.4 Å². The molecule has 106 heavy (non-hydrogen) atoms. The number of methoxy groups -OCH3 is 1. The lowest BCUT2D eigenvalue weighted by atomic mass is 9.64. The second-order valence-electron chi connectivity index (χ2n) is 29.6. The van der Waals surface area contributed by atoms with Crippen molar-refractivity contribution in [2.24, 2.45) is 29.6 Å². The second-order valence-corrected chi connectivity index (χ2v) is 38.5. The summed E-state index contributed by atoms with van der Waals surface area (Å²) in [6.07, 6.45) is 24.9. The van der Waals surface area contributed by atoms with E-state index in [9.17, 15) is 41.1 Å². The van der Waals surface area contributed by atoms with Crippen LogP contribution in [0.3, 0.4) is 0 Å². The number of hydrogen-bond acceptors (Lipinski definition) is 18. The third-order valence-electron chi connectivity index (χ3n) is 21.9. The van der Waals surface area contributed by atoms with Gasteiger partial charge in [-0.15, -0.1) is 0 Å². The van der Waals surface area contributed by atoms with Crippen LogP contribution >= 0.6 is 0 Å². The first-order valence-electron chi connectivity index (χ1n) is 35.9. The molecule has 1 aromatic carbocycles. The van der Waals surface area contributed by atoms with Crippen LogP contribution in [0.5, 0.6) is 23.0 Å². The van der Waals surface area contributed by atoms with Crippen LogP contribution < -0.4 is 32.8 Å². The number of ether oxygens (including phenoxy) is 1. The molecule has 554 valence electrons. The number of sulfone groups is 1. The van der Waals surface area contributed by atoms with Crippen molar-refractivity contribution < 1.29 is 64.5 Å². The molecular weight excluding hydrogens is 1430 g/mol. The summed E-state index contributed by atoms with van der Waals surface area (Å²) in [5.74, 6) is 17.9. The number of H-pyrrole nitrogens is 4. The zero-order chi connectivity index (χ0) is 74.3. The maximum Gasteiger partial charge on any atom is 0.555 e. The predicted molar refractivity (Wildman–Crippen MR) is 424 cm³/mol. The highest BCUT2D eigenvalue weighted by Gasteiger charge is 2.46. The number of allylic oxidation sites excluding steroid dienone is 7. The molecule has 25 nitrogen and oxygen atoms in total. The van der Waals surface area contributed by atoms with E-state index in [1.54, 1.807) is 37.9 Å². The summed E-state index contributed by atoms with van der Waals surface area (Å²) < 4.78 is 98.4. The molecule has 18 rings (SSSR count). The molecule has 0 radical (unpaired) electrons. The lowest BCUT2D eigenvalue weighted by Crippen LogP contribution is -2.46. The van der Waals surface area contributed by atoms with Crippen LogP contribution in [-0.4, -0.2) is 182 Å². The third kappa shape index (κ3) is 14.9. The van der Waals surface area contributed by atoms with Gasteiger partial charge < -0.3 is 63.4 Å². The summed E-state index contributed by atoms with van der Waals surface area (Å²) in [6, 6.07) is 17.7. The number of benzene rings is 1. The first-order chi connectivity index (χ1) is 50.7. The minimum absolute atomic E-state index is 0.109. The molecule has 5 saturated carbocycles. The van der Waals surface area contributed by atoms with Crippen molar-refractivity contribution in [3.63, 3.8) is 0 Å². The van der Waals surface area contributed by atoms with Crippen LogP contribution in [0.1, 0.15) is 114 Å². The van der Waals surface area contributed by atoms with E-state index >= 15 is 0 Å².